The lowest BCUT2D eigenvalue weighted by Gasteiger charge is -2.26. The summed E-state index contributed by atoms with van der Waals surface area (Å²) < 4.78 is 18.2. The van der Waals surface area contributed by atoms with Crippen molar-refractivity contribution >= 4 is 143 Å². The molecule has 6 heteroatoms. The highest BCUT2D eigenvalue weighted by Gasteiger charge is 2.21. The fraction of sp³-hybridized carbons (Fsp3) is 0.0312. The van der Waals surface area contributed by atoms with E-state index in [-0.39, 0.29) is 0 Å². The average molecular weight is 899 g/mol. The van der Waals surface area contributed by atoms with Crippen molar-refractivity contribution in [3.8, 4) is 0 Å². The Balaban J connectivity index is 0.841. The Kier molecular flexibility index (Phi) is 8.10. The van der Waals surface area contributed by atoms with Crippen molar-refractivity contribution < 1.29 is 8.83 Å². The average Bonchev–Trinajstić information content (AvgIpc) is 4.13. The Morgan fingerprint density at radius 3 is 1.29 bits per heavy atom. The van der Waals surface area contributed by atoms with Gasteiger partial charge in [-0.2, -0.15) is 0 Å². The zero-order valence-electron chi connectivity index (χ0n) is 38.4. The molecule has 11 aromatic carbocycles. The van der Waals surface area contributed by atoms with E-state index in [2.05, 4.69) is 251 Å². The summed E-state index contributed by atoms with van der Waals surface area (Å²) in [5, 5.41) is 13.7. The molecule has 15 rings (SSSR count). The van der Waals surface area contributed by atoms with Gasteiger partial charge < -0.3 is 27.8 Å². The Labute approximate surface area is 401 Å². The van der Waals surface area contributed by atoms with Crippen LogP contribution < -0.4 is 9.80 Å². The van der Waals surface area contributed by atoms with Crippen molar-refractivity contribution in [3.63, 3.8) is 0 Å². The van der Waals surface area contributed by atoms with Gasteiger partial charge in [-0.15, -0.1) is 0 Å². The molecule has 6 nitrogen and oxygen atoms in total. The second-order valence-electron chi connectivity index (χ2n) is 18.7. The van der Waals surface area contributed by atoms with Gasteiger partial charge in [0.2, 0.25) is 0 Å². The summed E-state index contributed by atoms with van der Waals surface area (Å²) in [6.07, 6.45) is 0. The Morgan fingerprint density at radius 1 is 0.286 bits per heavy atom. The number of para-hydroxylation sites is 4. The van der Waals surface area contributed by atoms with E-state index in [1.807, 2.05) is 0 Å². The van der Waals surface area contributed by atoms with Gasteiger partial charge in [0.15, 0.2) is 0 Å². The fourth-order valence-electron chi connectivity index (χ4n) is 11.5. The van der Waals surface area contributed by atoms with Gasteiger partial charge in [-0.25, -0.2) is 0 Å². The third kappa shape index (κ3) is 5.68. The summed E-state index contributed by atoms with van der Waals surface area (Å²) in [6.45, 7) is 0. The molecule has 4 aromatic heterocycles. The smallest absolute Gasteiger partial charge is 0.147 e. The molecule has 0 N–H and O–H groups in total. The molecule has 0 aliphatic heterocycles. The highest BCUT2D eigenvalue weighted by atomic mass is 16.3. The number of rotatable bonds is 6. The molecular weight excluding hydrogens is 857 g/mol. The highest BCUT2D eigenvalue weighted by Crippen LogP contribution is 2.45. The van der Waals surface area contributed by atoms with Crippen molar-refractivity contribution in [2.75, 3.05) is 9.80 Å². The first-order chi connectivity index (χ1) is 34.5. The minimum atomic E-state index is 0.805. The van der Waals surface area contributed by atoms with Gasteiger partial charge in [-0.1, -0.05) is 97.1 Å². The maximum atomic E-state index is 6.93. The van der Waals surface area contributed by atoms with Crippen LogP contribution in [0.2, 0.25) is 0 Å². The van der Waals surface area contributed by atoms with E-state index < -0.39 is 0 Å². The lowest BCUT2D eigenvalue weighted by molar-refractivity contribution is 0.663. The molecule has 0 saturated heterocycles. The Hall–Kier alpha value is -9.26. The first kappa shape index (κ1) is 38.8. The van der Waals surface area contributed by atoms with Crippen molar-refractivity contribution in [3.05, 3.63) is 218 Å². The molecule has 0 fully saturated rings. The van der Waals surface area contributed by atoms with Gasteiger partial charge in [0.05, 0.1) is 16.4 Å². The second kappa shape index (κ2) is 14.6. The fourth-order valence-corrected chi connectivity index (χ4v) is 11.5. The van der Waals surface area contributed by atoms with Gasteiger partial charge in [0.25, 0.3) is 0 Å². The third-order valence-corrected chi connectivity index (χ3v) is 14.8. The molecule has 0 amide bonds. The SMILES string of the molecule is Cn1c2ccccc2c2ccc(N(c3ccccc3)c3ccc4cc5c(cc4c3)oc3c5ccc4oc5cc6cc(N(c7ccccc7)c7ccc8c9ccccc9n(C)c8c7)ccc6cc5c43)cc21. The van der Waals surface area contributed by atoms with Crippen molar-refractivity contribution in [1.29, 1.82) is 0 Å². The van der Waals surface area contributed by atoms with Gasteiger partial charge in [-0.3, -0.25) is 0 Å². The zero-order chi connectivity index (χ0) is 46.2. The van der Waals surface area contributed by atoms with Crippen molar-refractivity contribution in [2.45, 2.75) is 0 Å². The van der Waals surface area contributed by atoms with Crippen LogP contribution in [0, 0.1) is 0 Å². The maximum Gasteiger partial charge on any atom is 0.147 e. The number of aromatic nitrogens is 2. The number of furan rings is 2. The normalized spacial score (nSPS) is 12.1. The molecule has 0 atom stereocenters. The lowest BCUT2D eigenvalue weighted by atomic mass is 10.0. The van der Waals surface area contributed by atoms with Gasteiger partial charge in [-0.05, 0) is 143 Å². The van der Waals surface area contributed by atoms with E-state index in [1.54, 1.807) is 0 Å². The van der Waals surface area contributed by atoms with E-state index in [9.17, 15) is 0 Å². The first-order valence-corrected chi connectivity index (χ1v) is 23.8. The first-order valence-electron chi connectivity index (χ1n) is 23.8. The number of hydrogen-bond acceptors (Lipinski definition) is 4. The number of nitrogens with zero attached hydrogens (tertiary/aromatic N) is 4. The topological polar surface area (TPSA) is 42.6 Å². The second-order valence-corrected chi connectivity index (χ2v) is 18.7. The molecule has 0 radical (unpaired) electrons. The lowest BCUT2D eigenvalue weighted by Crippen LogP contribution is -2.09. The molecule has 0 aliphatic carbocycles. The van der Waals surface area contributed by atoms with Crippen LogP contribution in [0.15, 0.2) is 227 Å². The van der Waals surface area contributed by atoms with E-state index in [1.165, 1.54) is 43.6 Å². The van der Waals surface area contributed by atoms with Crippen LogP contribution in [0.5, 0.6) is 0 Å². The molecule has 4 heterocycles. The largest absolute Gasteiger partial charge is 0.456 e. The minimum absolute atomic E-state index is 0.805. The van der Waals surface area contributed by atoms with E-state index in [4.69, 9.17) is 8.83 Å². The molecule has 0 unspecified atom stereocenters. The van der Waals surface area contributed by atoms with E-state index >= 15 is 0 Å². The summed E-state index contributed by atoms with van der Waals surface area (Å²) in [4.78, 5) is 4.69. The quantitative estimate of drug-likeness (QED) is 0.167. The molecule has 0 spiro atoms. The number of aryl methyl sites for hydroxylation is 2. The molecular formula is C64H42N4O2. The van der Waals surface area contributed by atoms with Crippen molar-refractivity contribution in [1.82, 2.24) is 9.13 Å². The third-order valence-electron chi connectivity index (χ3n) is 14.8. The van der Waals surface area contributed by atoms with Crippen LogP contribution in [0.3, 0.4) is 0 Å². The van der Waals surface area contributed by atoms with E-state index in [0.29, 0.717) is 0 Å². The van der Waals surface area contributed by atoms with Crippen molar-refractivity contribution in [2.24, 2.45) is 14.1 Å². The summed E-state index contributed by atoms with van der Waals surface area (Å²) in [5.74, 6) is 0. The number of benzene rings is 11. The molecule has 15 aromatic rings. The molecule has 330 valence electrons. The zero-order valence-corrected chi connectivity index (χ0v) is 38.4. The van der Waals surface area contributed by atoms with Crippen LogP contribution in [0.25, 0.3) is 109 Å². The van der Waals surface area contributed by atoms with Crippen LogP contribution in [-0.2, 0) is 14.1 Å². The van der Waals surface area contributed by atoms with Crippen LogP contribution in [0.1, 0.15) is 0 Å². The summed E-state index contributed by atoms with van der Waals surface area (Å²) in [5.41, 5.74) is 14.7. The summed E-state index contributed by atoms with van der Waals surface area (Å²) in [7, 11) is 4.31. The molecule has 70 heavy (non-hydrogen) atoms. The summed E-state index contributed by atoms with van der Waals surface area (Å²) >= 11 is 0. The van der Waals surface area contributed by atoms with Crippen LogP contribution >= 0.6 is 0 Å². The number of anilines is 6. The predicted molar refractivity (Wildman–Crippen MR) is 293 cm³/mol. The Bertz CT molecular complexity index is 4630. The monoisotopic (exact) mass is 898 g/mol. The van der Waals surface area contributed by atoms with Crippen LogP contribution in [-0.4, -0.2) is 9.13 Å². The van der Waals surface area contributed by atoms with Gasteiger partial charge in [0, 0.05) is 97.0 Å². The standard InChI is InChI=1S/C64H42N4O2/c1-65-56-19-11-9-17-49(56)51-27-25-47(37-58(51)65)67(43-13-5-3-6-14-43)45-23-21-39-33-54-53-29-30-60-63(64(53)70-61(54)35-41(39)31-45)55-34-40-22-24-46(32-42(40)36-62(55)69-60)68(44-15-7-4-8-16-44)48-26-28-52-50-18-10-12-20-57(50)66(2)59(52)38-48/h3-38H,1-2H3. The van der Waals surface area contributed by atoms with E-state index in [0.717, 1.165) is 99.5 Å². The van der Waals surface area contributed by atoms with Gasteiger partial charge in [0.1, 0.15) is 22.3 Å². The molecule has 0 saturated carbocycles. The van der Waals surface area contributed by atoms with Crippen LogP contribution in [0.4, 0.5) is 34.1 Å². The molecule has 0 bridgehead atoms. The maximum absolute atomic E-state index is 6.93. The molecule has 0 aliphatic rings. The van der Waals surface area contributed by atoms with Gasteiger partial charge >= 0.3 is 0 Å². The number of fused-ring (bicyclic) bond motifs is 15. The highest BCUT2D eigenvalue weighted by molar-refractivity contribution is 6.24. The Morgan fingerprint density at radius 2 is 0.729 bits per heavy atom. The summed E-state index contributed by atoms with van der Waals surface area (Å²) in [6, 6.07) is 78.8. The minimum Gasteiger partial charge on any atom is -0.456 e. The predicted octanol–water partition coefficient (Wildman–Crippen LogP) is 18.0. The number of hydrogen-bond donors (Lipinski definition) is 0.